The van der Waals surface area contributed by atoms with Gasteiger partial charge in [-0.25, -0.2) is 32.8 Å². The number of fused-ring (bicyclic) bond motifs is 3. The Kier molecular flexibility index (Phi) is 31.5. The van der Waals surface area contributed by atoms with Gasteiger partial charge in [0.15, 0.2) is 0 Å². The molecule has 7 rings (SSSR count). The molecule has 0 unspecified atom stereocenters. The molecule has 2 amide bonds. The van der Waals surface area contributed by atoms with Crippen molar-refractivity contribution in [3.05, 3.63) is 48.0 Å². The summed E-state index contributed by atoms with van der Waals surface area (Å²) in [6.07, 6.45) is -0.236. The summed E-state index contributed by atoms with van der Waals surface area (Å²) in [4.78, 5) is 88.2. The number of ether oxygens (including phenoxy) is 6. The number of ketones is 1. The molecule has 0 aliphatic carbocycles. The van der Waals surface area contributed by atoms with Crippen LogP contribution in [0.1, 0.15) is 151 Å². The van der Waals surface area contributed by atoms with E-state index in [1.54, 1.807) is 48.5 Å². The van der Waals surface area contributed by atoms with Crippen LogP contribution in [0.25, 0.3) is 0 Å². The van der Waals surface area contributed by atoms with Crippen LogP contribution in [-0.2, 0) is 76.9 Å². The molecule has 3 aromatic heterocycles. The van der Waals surface area contributed by atoms with Crippen LogP contribution in [-0.4, -0.2) is 140 Å². The number of thiophene rings is 3. The number of halogens is 3. The number of nitrogen functional groups attached to an aromatic ring is 3. The summed E-state index contributed by atoms with van der Waals surface area (Å²) in [7, 11) is 0. The minimum absolute atomic E-state index is 0. The molecule has 0 aromatic carbocycles. The van der Waals surface area contributed by atoms with Crippen LogP contribution >= 0.6 is 59.9 Å². The monoisotopic (exact) mass is 1220 g/mol. The highest BCUT2D eigenvalue weighted by atomic mass is 35.5. The van der Waals surface area contributed by atoms with Gasteiger partial charge in [-0.1, -0.05) is 0 Å². The lowest BCUT2D eigenvalue weighted by molar-refractivity contribution is -0.141. The predicted molar refractivity (Wildman–Crippen MR) is 311 cm³/mol. The van der Waals surface area contributed by atoms with Crippen molar-refractivity contribution >= 4 is 117 Å². The van der Waals surface area contributed by atoms with Crippen molar-refractivity contribution in [3.63, 3.8) is 0 Å². The fourth-order valence-electron chi connectivity index (χ4n) is 7.91. The van der Waals surface area contributed by atoms with E-state index in [1.165, 1.54) is 38.9 Å². The van der Waals surface area contributed by atoms with Gasteiger partial charge >= 0.3 is 36.1 Å². The Balaban J connectivity index is 0.000000512. The topological polar surface area (TPSA) is 298 Å². The summed E-state index contributed by atoms with van der Waals surface area (Å²) < 4.78 is 54.8. The molecular weight excluding hydrogens is 1150 g/mol. The number of rotatable bonds is 10. The van der Waals surface area contributed by atoms with E-state index >= 15 is 0 Å². The Morgan fingerprint density at radius 3 is 1.45 bits per heavy atom. The molecule has 28 heteroatoms. The first-order chi connectivity index (χ1) is 36.7. The Morgan fingerprint density at radius 1 is 0.625 bits per heavy atom. The van der Waals surface area contributed by atoms with Gasteiger partial charge in [0, 0.05) is 66.7 Å². The third-order valence-electron chi connectivity index (χ3n) is 11.2. The first-order valence-electron chi connectivity index (χ1n) is 25.6. The molecule has 4 aliphatic rings. The first-order valence-corrected chi connectivity index (χ1v) is 28.1. The van der Waals surface area contributed by atoms with Crippen molar-refractivity contribution in [1.82, 2.24) is 20.0 Å². The van der Waals surface area contributed by atoms with E-state index in [9.17, 15) is 42.3 Å². The number of amides is 2. The molecule has 450 valence electrons. The van der Waals surface area contributed by atoms with Gasteiger partial charge < -0.3 is 60.7 Å². The van der Waals surface area contributed by atoms with Gasteiger partial charge in [0.1, 0.15) is 38.4 Å². The van der Waals surface area contributed by atoms with E-state index < -0.39 is 29.6 Å². The summed E-state index contributed by atoms with van der Waals surface area (Å²) >= 11 is 4.12. The van der Waals surface area contributed by atoms with Gasteiger partial charge in [-0.3, -0.25) is 14.5 Å². The molecule has 1 saturated heterocycles. The molecule has 21 nitrogen and oxygen atoms in total. The zero-order chi connectivity index (χ0) is 58.5. The van der Waals surface area contributed by atoms with Crippen molar-refractivity contribution in [2.45, 2.75) is 145 Å². The standard InChI is InChI=1S/C15H22N2O4S.C12H16F2N2O2S.C10H14N2O2S.C10H17NO3.C5H7NO2.ClH.H2S/c1-5-20-13(18)11-9-6-7-17(8-10(9)22-12(11)16)14(19)21-15(2,3)4;1-2-18-12(17)10-7-3-4-16(6-9(13)14)5-8(7)19-11(10)15;1-2-14-10(13)8-6-3-4-12-5-7(6)15-9(8)11;1-10(2,3)14-9(13)11-6-4-8(12)5-7-11;1-2-8-5(7)3-4-6;;/h5-8,16H2,1-4H3;9H,2-6,15H2,1H3;12H,2-5,11H2,1H3;4-7H2,1-3H3;2-3H2,1H3;1H;1H2. The van der Waals surface area contributed by atoms with Crippen molar-refractivity contribution in [2.24, 2.45) is 0 Å². The number of likely N-dealkylation sites (tertiary alicyclic amines) is 1. The summed E-state index contributed by atoms with van der Waals surface area (Å²) in [5.74, 6) is -1.31. The molecule has 1 fully saturated rings. The van der Waals surface area contributed by atoms with Gasteiger partial charge in [0.05, 0.1) is 62.3 Å². The maximum atomic E-state index is 12.4. The fourth-order valence-corrected chi connectivity index (χ4v) is 11.3. The minimum Gasteiger partial charge on any atom is -0.465 e. The Labute approximate surface area is 492 Å². The van der Waals surface area contributed by atoms with Gasteiger partial charge in [0.25, 0.3) is 6.43 Å². The number of piperidine rings is 1. The maximum absolute atomic E-state index is 12.4. The number of carbonyl (C=O) groups is 7. The summed E-state index contributed by atoms with van der Waals surface area (Å²) in [6.45, 7) is 23.7. The van der Waals surface area contributed by atoms with E-state index in [2.05, 4.69) is 10.1 Å². The molecule has 0 atom stereocenters. The number of Topliss-reactive ketones (excluding diaryl/α,β-unsaturated/α-hetero) is 1. The maximum Gasteiger partial charge on any atom is 0.410 e. The lowest BCUT2D eigenvalue weighted by Gasteiger charge is -2.30. The van der Waals surface area contributed by atoms with Crippen LogP contribution in [0.3, 0.4) is 0 Å². The Morgan fingerprint density at radius 2 is 1.02 bits per heavy atom. The molecule has 0 radical (unpaired) electrons. The molecule has 0 bridgehead atoms. The largest absolute Gasteiger partial charge is 0.465 e. The molecule has 80 heavy (non-hydrogen) atoms. The van der Waals surface area contributed by atoms with Crippen LogP contribution < -0.4 is 22.5 Å². The second-order valence-corrected chi connectivity index (χ2v) is 22.9. The first kappa shape index (κ1) is 72.5. The number of alkyl halides is 2. The Bertz CT molecular complexity index is 2590. The number of carbonyl (C=O) groups excluding carboxylic acids is 7. The van der Waals surface area contributed by atoms with Gasteiger partial charge in [-0.2, -0.15) is 18.8 Å². The van der Waals surface area contributed by atoms with Crippen molar-refractivity contribution in [1.29, 1.82) is 5.26 Å². The number of nitrogens with two attached hydrogens (primary N) is 3. The highest BCUT2D eigenvalue weighted by molar-refractivity contribution is 7.59. The van der Waals surface area contributed by atoms with E-state index in [0.29, 0.717) is 123 Å². The predicted octanol–water partition coefficient (Wildman–Crippen LogP) is 8.67. The second-order valence-electron chi connectivity index (χ2n) is 19.5. The molecule has 7 N–H and O–H groups in total. The Hall–Kier alpha value is -5.50. The van der Waals surface area contributed by atoms with Crippen molar-refractivity contribution < 1.29 is 70.8 Å². The smallest absolute Gasteiger partial charge is 0.410 e. The number of nitrogens with zero attached hydrogens (tertiary/aromatic N) is 4. The van der Waals surface area contributed by atoms with Crippen molar-refractivity contribution in [3.8, 4) is 6.07 Å². The van der Waals surface area contributed by atoms with E-state index in [0.717, 1.165) is 46.0 Å². The molecule has 7 heterocycles. The molecule has 4 aliphatic heterocycles. The number of nitriles is 1. The number of hydrogen-bond acceptors (Lipinski definition) is 22. The number of nitrogens with one attached hydrogen (secondary N) is 1. The normalized spacial score (nSPS) is 14.4. The highest BCUT2D eigenvalue weighted by Crippen LogP contribution is 2.38. The third-order valence-corrected chi connectivity index (χ3v) is 14.3. The molecular formula is C52H79ClF2N8O13S4. The summed E-state index contributed by atoms with van der Waals surface area (Å²) in [6, 6.07) is 1.68. The lowest BCUT2D eigenvalue weighted by Crippen LogP contribution is -2.41. The van der Waals surface area contributed by atoms with Crippen LogP contribution in [0, 0.1) is 11.3 Å². The summed E-state index contributed by atoms with van der Waals surface area (Å²) in [5, 5.41) is 12.6. The number of hydrogen-bond donors (Lipinski definition) is 4. The molecule has 0 saturated carbocycles. The van der Waals surface area contributed by atoms with Crippen LogP contribution in [0.15, 0.2) is 0 Å². The van der Waals surface area contributed by atoms with Crippen molar-refractivity contribution in [2.75, 3.05) is 82.9 Å². The lowest BCUT2D eigenvalue weighted by atomic mass is 10.0. The number of esters is 4. The van der Waals surface area contributed by atoms with Crippen LogP contribution in [0.4, 0.5) is 33.4 Å². The fraction of sp³-hybridized carbons (Fsp3) is 0.615. The van der Waals surface area contributed by atoms with Gasteiger partial charge in [-0.15, -0.1) is 46.4 Å². The SMILES string of the molecule is CC(C)(C)OC(=O)N1CCC(=O)CC1.CCOC(=O)CC#N.CCOC(=O)c1c(N)sc2c1CCN(C(=O)OC(C)(C)C)C2.CCOC(=O)c1c(N)sc2c1CCN(CC(F)F)C2.CCOC(=O)c1c(N)sc2c1CCNC2.Cl.S. The van der Waals surface area contributed by atoms with Crippen LogP contribution in [0.5, 0.6) is 0 Å². The zero-order valence-electron chi connectivity index (χ0n) is 47.2. The number of anilines is 3. The van der Waals surface area contributed by atoms with E-state index in [-0.39, 0.29) is 68.8 Å². The summed E-state index contributed by atoms with van der Waals surface area (Å²) in [5.41, 5.74) is 21.0. The highest BCUT2D eigenvalue weighted by Gasteiger charge is 2.33. The average Bonchev–Trinajstić information content (AvgIpc) is 3.99. The van der Waals surface area contributed by atoms with E-state index in [4.69, 9.17) is 46.1 Å². The molecule has 0 spiro atoms. The van der Waals surface area contributed by atoms with Gasteiger partial charge in [-0.05, 0) is 112 Å². The average molecular weight is 1230 g/mol. The molecule has 3 aromatic rings. The quantitative estimate of drug-likeness (QED) is 0.109. The van der Waals surface area contributed by atoms with E-state index in [1.807, 2.05) is 41.5 Å². The van der Waals surface area contributed by atoms with Gasteiger partial charge in [0.2, 0.25) is 0 Å². The zero-order valence-corrected chi connectivity index (χ0v) is 51.5. The van der Waals surface area contributed by atoms with Crippen LogP contribution in [0.2, 0.25) is 0 Å². The second kappa shape index (κ2) is 34.7. The minimum atomic E-state index is -2.34. The third kappa shape index (κ3) is 23.2.